The number of hydrogen-bond donors (Lipinski definition) is 1. The average Bonchev–Trinajstić information content (AvgIpc) is 1.60. The van der Waals surface area contributed by atoms with Crippen LogP contribution in [0.25, 0.3) is 0 Å². The monoisotopic (exact) mass is 150 g/mol. The van der Waals surface area contributed by atoms with Crippen molar-refractivity contribution >= 4 is 5.97 Å². The zero-order chi connectivity index (χ0) is 8.36. The minimum Gasteiger partial charge on any atom is -0.477 e. The number of carbonyl (C=O) groups is 1. The number of hydrogen-bond acceptors (Lipinski definition) is 1. The fraction of sp³-hybridized carbons (Fsp3) is 0.500. The third kappa shape index (κ3) is 2.57. The van der Waals surface area contributed by atoms with Gasteiger partial charge in [0.25, 0.3) is 0 Å². The molecule has 0 saturated heterocycles. The van der Waals surface area contributed by atoms with Crippen LogP contribution in [-0.2, 0) is 4.79 Å². The first-order chi connectivity index (χ1) is 4.36. The first-order valence-corrected chi connectivity index (χ1v) is 2.62. The third-order valence-corrected chi connectivity index (χ3v) is 0.837. The van der Waals surface area contributed by atoms with Gasteiger partial charge in [0.2, 0.25) is 0 Å². The van der Waals surface area contributed by atoms with E-state index in [1.54, 1.807) is 0 Å². The molecule has 0 aromatic rings. The number of allylic oxidation sites excluding steroid dienone is 1. The Labute approximate surface area is 57.2 Å². The Morgan fingerprint density at radius 2 is 2.10 bits per heavy atom. The minimum absolute atomic E-state index is 0.160. The molecule has 0 unspecified atom stereocenters. The van der Waals surface area contributed by atoms with Gasteiger partial charge >= 0.3 is 11.9 Å². The van der Waals surface area contributed by atoms with Gasteiger partial charge in [0.1, 0.15) is 0 Å². The Kier molecular flexibility index (Phi) is 2.51. The lowest BCUT2D eigenvalue weighted by Crippen LogP contribution is -2.27. The number of alkyl halides is 2. The van der Waals surface area contributed by atoms with Crippen molar-refractivity contribution in [1.29, 1.82) is 0 Å². The van der Waals surface area contributed by atoms with Crippen molar-refractivity contribution in [2.75, 3.05) is 0 Å². The topological polar surface area (TPSA) is 37.3 Å². The Hall–Kier alpha value is -0.930. The Morgan fingerprint density at radius 1 is 1.70 bits per heavy atom. The van der Waals surface area contributed by atoms with Gasteiger partial charge in [-0.2, -0.15) is 8.78 Å². The normalized spacial score (nSPS) is 11.1. The molecule has 2 nitrogen and oxygen atoms in total. The summed E-state index contributed by atoms with van der Waals surface area (Å²) in [6.07, 6.45) is -0.789. The maximum Gasteiger partial charge on any atom is 0.374 e. The second-order valence-electron chi connectivity index (χ2n) is 2.14. The highest BCUT2D eigenvalue weighted by atomic mass is 19.3. The first kappa shape index (κ1) is 9.07. The predicted octanol–water partition coefficient (Wildman–Crippen LogP) is 1.67. The molecule has 0 fully saturated rings. The van der Waals surface area contributed by atoms with Gasteiger partial charge in [-0.1, -0.05) is 12.2 Å². The highest BCUT2D eigenvalue weighted by molar-refractivity contribution is 5.75. The van der Waals surface area contributed by atoms with Crippen LogP contribution in [0.1, 0.15) is 13.3 Å². The SMILES string of the molecule is C=C(C)CC(F)(F)C(=O)O. The van der Waals surface area contributed by atoms with E-state index < -0.39 is 18.3 Å². The van der Waals surface area contributed by atoms with Gasteiger partial charge in [0.05, 0.1) is 0 Å². The molecule has 0 radical (unpaired) electrons. The number of rotatable bonds is 3. The van der Waals surface area contributed by atoms with Crippen LogP contribution < -0.4 is 0 Å². The molecule has 0 aliphatic heterocycles. The number of halogens is 2. The molecule has 4 heteroatoms. The summed E-state index contributed by atoms with van der Waals surface area (Å²) < 4.78 is 24.3. The van der Waals surface area contributed by atoms with E-state index in [4.69, 9.17) is 5.11 Å². The lowest BCUT2D eigenvalue weighted by Gasteiger charge is -2.09. The van der Waals surface area contributed by atoms with E-state index in [1.165, 1.54) is 6.92 Å². The van der Waals surface area contributed by atoms with Gasteiger partial charge in [-0.25, -0.2) is 4.79 Å². The number of carboxylic acids is 1. The summed E-state index contributed by atoms with van der Waals surface area (Å²) in [4.78, 5) is 9.77. The maximum atomic E-state index is 12.1. The third-order valence-electron chi connectivity index (χ3n) is 0.837. The van der Waals surface area contributed by atoms with Crippen LogP contribution in [0.3, 0.4) is 0 Å². The van der Waals surface area contributed by atoms with E-state index in [0.29, 0.717) is 0 Å². The molecule has 0 rings (SSSR count). The molecule has 0 bridgehead atoms. The first-order valence-electron chi connectivity index (χ1n) is 2.62. The summed E-state index contributed by atoms with van der Waals surface area (Å²) in [6.45, 7) is 4.54. The fourth-order valence-corrected chi connectivity index (χ4v) is 0.455. The lowest BCUT2D eigenvalue weighted by atomic mass is 10.1. The molecule has 0 aliphatic carbocycles. The van der Waals surface area contributed by atoms with Gasteiger partial charge in [0, 0.05) is 6.42 Å². The molecule has 58 valence electrons. The van der Waals surface area contributed by atoms with E-state index in [-0.39, 0.29) is 5.57 Å². The molecule has 0 spiro atoms. The standard InChI is InChI=1S/C6H8F2O2/c1-4(2)3-6(7,8)5(9)10/h1,3H2,2H3,(H,9,10). The van der Waals surface area contributed by atoms with Crippen LogP contribution in [0.2, 0.25) is 0 Å². The number of aliphatic carboxylic acids is 1. The summed E-state index contributed by atoms with van der Waals surface area (Å²) in [5.74, 6) is -5.76. The van der Waals surface area contributed by atoms with Gasteiger partial charge in [-0.3, -0.25) is 0 Å². The van der Waals surface area contributed by atoms with Crippen LogP contribution in [-0.4, -0.2) is 17.0 Å². The predicted molar refractivity (Wildman–Crippen MR) is 32.0 cm³/mol. The summed E-state index contributed by atoms with van der Waals surface area (Å²) in [5.41, 5.74) is 0.160. The van der Waals surface area contributed by atoms with Gasteiger partial charge in [-0.05, 0) is 6.92 Å². The number of carboxylic acid groups (broad SMARTS) is 1. The minimum atomic E-state index is -3.66. The summed E-state index contributed by atoms with van der Waals surface area (Å²) in [7, 11) is 0. The highest BCUT2D eigenvalue weighted by Gasteiger charge is 2.38. The van der Waals surface area contributed by atoms with E-state index in [0.717, 1.165) is 0 Å². The van der Waals surface area contributed by atoms with Crippen LogP contribution in [0.4, 0.5) is 8.78 Å². The van der Waals surface area contributed by atoms with Gasteiger partial charge < -0.3 is 5.11 Å². The molecule has 0 aromatic heterocycles. The molecule has 0 atom stereocenters. The summed E-state index contributed by atoms with van der Waals surface area (Å²) in [6, 6.07) is 0. The van der Waals surface area contributed by atoms with Crippen molar-refractivity contribution in [3.05, 3.63) is 12.2 Å². The van der Waals surface area contributed by atoms with Crippen molar-refractivity contribution in [3.63, 3.8) is 0 Å². The largest absolute Gasteiger partial charge is 0.477 e. The summed E-state index contributed by atoms with van der Waals surface area (Å²) >= 11 is 0. The molecule has 1 N–H and O–H groups in total. The summed E-state index contributed by atoms with van der Waals surface area (Å²) in [5, 5.41) is 7.90. The van der Waals surface area contributed by atoms with Crippen LogP contribution in [0.5, 0.6) is 0 Å². The van der Waals surface area contributed by atoms with E-state index in [2.05, 4.69) is 6.58 Å². The molecular formula is C6H8F2O2. The van der Waals surface area contributed by atoms with E-state index in [1.807, 2.05) is 0 Å². The zero-order valence-corrected chi connectivity index (χ0v) is 5.53. The fourth-order valence-electron chi connectivity index (χ4n) is 0.455. The van der Waals surface area contributed by atoms with Crippen LogP contribution >= 0.6 is 0 Å². The highest BCUT2D eigenvalue weighted by Crippen LogP contribution is 2.21. The Balaban J connectivity index is 4.13. The molecule has 0 aliphatic rings. The molecule has 0 heterocycles. The van der Waals surface area contributed by atoms with E-state index >= 15 is 0 Å². The lowest BCUT2D eigenvalue weighted by molar-refractivity contribution is -0.164. The Bertz CT molecular complexity index is 163. The van der Waals surface area contributed by atoms with Crippen molar-refractivity contribution < 1.29 is 18.7 Å². The van der Waals surface area contributed by atoms with Gasteiger partial charge in [0.15, 0.2) is 0 Å². The van der Waals surface area contributed by atoms with Crippen LogP contribution in [0, 0.1) is 0 Å². The van der Waals surface area contributed by atoms with Crippen molar-refractivity contribution in [3.8, 4) is 0 Å². The van der Waals surface area contributed by atoms with Gasteiger partial charge in [-0.15, -0.1) is 0 Å². The Morgan fingerprint density at radius 3 is 2.20 bits per heavy atom. The van der Waals surface area contributed by atoms with E-state index in [9.17, 15) is 13.6 Å². The maximum absolute atomic E-state index is 12.1. The van der Waals surface area contributed by atoms with Crippen LogP contribution in [0.15, 0.2) is 12.2 Å². The molecular weight excluding hydrogens is 142 g/mol. The smallest absolute Gasteiger partial charge is 0.374 e. The second kappa shape index (κ2) is 2.77. The molecule has 0 aromatic carbocycles. The van der Waals surface area contributed by atoms with Crippen molar-refractivity contribution in [2.45, 2.75) is 19.3 Å². The zero-order valence-electron chi connectivity index (χ0n) is 5.53. The van der Waals surface area contributed by atoms with Crippen molar-refractivity contribution in [2.24, 2.45) is 0 Å². The average molecular weight is 150 g/mol. The molecule has 0 saturated carbocycles. The second-order valence-corrected chi connectivity index (χ2v) is 2.14. The molecule has 0 amide bonds. The van der Waals surface area contributed by atoms with Crippen molar-refractivity contribution in [1.82, 2.24) is 0 Å². The molecule has 10 heavy (non-hydrogen) atoms. The quantitative estimate of drug-likeness (QED) is 0.621.